The molecule has 0 aliphatic rings. The van der Waals surface area contributed by atoms with E-state index in [1.54, 1.807) is 58.6 Å². The average Bonchev–Trinajstić information content (AvgIpc) is 3.42. The summed E-state index contributed by atoms with van der Waals surface area (Å²) < 4.78 is 26.5. The van der Waals surface area contributed by atoms with Crippen molar-refractivity contribution in [3.63, 3.8) is 0 Å². The van der Waals surface area contributed by atoms with Crippen LogP contribution >= 0.6 is 11.3 Å². The van der Waals surface area contributed by atoms with Crippen LogP contribution in [-0.2, 0) is 16.4 Å². The molecule has 4 rings (SSSR count). The molecule has 3 aromatic heterocycles. The van der Waals surface area contributed by atoms with Crippen molar-refractivity contribution in [2.45, 2.75) is 24.8 Å². The Kier molecular flexibility index (Phi) is 6.15. The van der Waals surface area contributed by atoms with Crippen molar-refractivity contribution in [2.75, 3.05) is 12.3 Å². The topological polar surface area (TPSA) is 94.0 Å². The Bertz CT molecular complexity index is 1300. The Labute approximate surface area is 184 Å². The fraction of sp³-hybridized carbons (Fsp3) is 0.227. The lowest BCUT2D eigenvalue weighted by molar-refractivity contribution is 0.0955. The van der Waals surface area contributed by atoms with Gasteiger partial charge in [0.1, 0.15) is 0 Å². The molecule has 160 valence electrons. The summed E-state index contributed by atoms with van der Waals surface area (Å²) in [6, 6.07) is 14.1. The number of pyridine rings is 1. The Morgan fingerprint density at radius 1 is 1.16 bits per heavy atom. The van der Waals surface area contributed by atoms with Gasteiger partial charge in [-0.3, -0.25) is 4.79 Å². The lowest BCUT2D eigenvalue weighted by Gasteiger charge is -2.08. The molecule has 4 aromatic rings. The zero-order valence-corrected chi connectivity index (χ0v) is 18.6. The molecule has 0 fully saturated rings. The maximum atomic E-state index is 12.8. The standard InChI is InChI=1S/C22H22N4O3S2/c1-16-13-19(20-14-24-26(21(20)25-16)15-17-7-5-11-30-17)22(27)23-10-6-12-31(28,29)18-8-3-2-4-9-18/h2-5,7-9,11,13-14H,6,10,12,15H2,1H3,(H,23,27). The van der Waals surface area contributed by atoms with Gasteiger partial charge in [-0.15, -0.1) is 11.3 Å². The summed E-state index contributed by atoms with van der Waals surface area (Å²) >= 11 is 1.64. The molecule has 31 heavy (non-hydrogen) atoms. The number of amides is 1. The largest absolute Gasteiger partial charge is 0.352 e. The average molecular weight is 455 g/mol. The highest BCUT2D eigenvalue weighted by Gasteiger charge is 2.17. The molecular formula is C22H22N4O3S2. The SMILES string of the molecule is Cc1cc(C(=O)NCCCS(=O)(=O)c2ccccc2)c2cnn(Cc3cccs3)c2n1. The van der Waals surface area contributed by atoms with Crippen LogP contribution in [0, 0.1) is 6.92 Å². The van der Waals surface area contributed by atoms with Gasteiger partial charge in [0.15, 0.2) is 15.5 Å². The first-order valence-corrected chi connectivity index (χ1v) is 12.4. The predicted molar refractivity (Wildman–Crippen MR) is 121 cm³/mol. The van der Waals surface area contributed by atoms with Crippen LogP contribution in [0.2, 0.25) is 0 Å². The van der Waals surface area contributed by atoms with Crippen molar-refractivity contribution in [1.82, 2.24) is 20.1 Å². The van der Waals surface area contributed by atoms with Crippen molar-refractivity contribution in [3.05, 3.63) is 76.2 Å². The number of carbonyl (C=O) groups excluding carboxylic acids is 1. The van der Waals surface area contributed by atoms with E-state index >= 15 is 0 Å². The summed E-state index contributed by atoms with van der Waals surface area (Å²) in [7, 11) is -3.36. The monoisotopic (exact) mass is 454 g/mol. The van der Waals surface area contributed by atoms with Crippen molar-refractivity contribution in [1.29, 1.82) is 0 Å². The van der Waals surface area contributed by atoms with Crippen molar-refractivity contribution < 1.29 is 13.2 Å². The summed E-state index contributed by atoms with van der Waals surface area (Å²) in [4.78, 5) is 18.8. The van der Waals surface area contributed by atoms with Crippen LogP contribution in [-0.4, -0.2) is 41.4 Å². The number of thiophene rings is 1. The zero-order valence-electron chi connectivity index (χ0n) is 17.0. The molecule has 0 saturated carbocycles. The van der Waals surface area contributed by atoms with E-state index in [1.807, 2.05) is 24.4 Å². The summed E-state index contributed by atoms with van der Waals surface area (Å²) in [5.74, 6) is -0.288. The summed E-state index contributed by atoms with van der Waals surface area (Å²) in [5.41, 5.74) is 1.87. The van der Waals surface area contributed by atoms with E-state index in [1.165, 1.54) is 0 Å². The molecule has 0 atom stereocenters. The first-order chi connectivity index (χ1) is 14.9. The highest BCUT2D eigenvalue weighted by atomic mass is 32.2. The third kappa shape index (κ3) is 4.83. The minimum Gasteiger partial charge on any atom is -0.352 e. The molecule has 0 bridgehead atoms. The number of benzene rings is 1. The van der Waals surface area contributed by atoms with Crippen LogP contribution in [0.3, 0.4) is 0 Å². The Morgan fingerprint density at radius 3 is 2.71 bits per heavy atom. The van der Waals surface area contributed by atoms with E-state index in [-0.39, 0.29) is 18.2 Å². The number of hydrogen-bond acceptors (Lipinski definition) is 6. The van der Waals surface area contributed by atoms with E-state index in [0.717, 1.165) is 10.6 Å². The van der Waals surface area contributed by atoms with E-state index in [9.17, 15) is 13.2 Å². The molecule has 0 aliphatic carbocycles. The van der Waals surface area contributed by atoms with Crippen LogP contribution in [0.25, 0.3) is 11.0 Å². The Morgan fingerprint density at radius 2 is 1.97 bits per heavy atom. The first kappa shape index (κ1) is 21.2. The highest BCUT2D eigenvalue weighted by Crippen LogP contribution is 2.20. The van der Waals surface area contributed by atoms with Crippen LogP contribution in [0.1, 0.15) is 27.3 Å². The molecule has 1 amide bonds. The van der Waals surface area contributed by atoms with Crippen LogP contribution in [0.5, 0.6) is 0 Å². The Hall–Kier alpha value is -3.04. The molecule has 9 heteroatoms. The fourth-order valence-corrected chi connectivity index (χ4v) is 5.35. The van der Waals surface area contributed by atoms with Gasteiger partial charge in [0.05, 0.1) is 34.3 Å². The molecule has 3 heterocycles. The van der Waals surface area contributed by atoms with E-state index in [0.29, 0.717) is 34.5 Å². The van der Waals surface area contributed by atoms with Gasteiger partial charge in [0, 0.05) is 17.1 Å². The smallest absolute Gasteiger partial charge is 0.252 e. The normalized spacial score (nSPS) is 11.6. The number of nitrogens with zero attached hydrogens (tertiary/aromatic N) is 3. The first-order valence-electron chi connectivity index (χ1n) is 9.85. The summed E-state index contributed by atoms with van der Waals surface area (Å²) in [6.45, 7) is 2.69. The van der Waals surface area contributed by atoms with Crippen molar-refractivity contribution in [2.24, 2.45) is 0 Å². The summed E-state index contributed by atoms with van der Waals surface area (Å²) in [5, 5.41) is 9.94. The number of sulfone groups is 1. The minimum atomic E-state index is -3.36. The number of nitrogens with one attached hydrogen (secondary N) is 1. The fourth-order valence-electron chi connectivity index (χ4n) is 3.33. The molecule has 0 unspecified atom stereocenters. The number of aryl methyl sites for hydroxylation is 1. The predicted octanol–water partition coefficient (Wildman–Crippen LogP) is 3.44. The third-order valence-electron chi connectivity index (χ3n) is 4.85. The van der Waals surface area contributed by atoms with E-state index in [2.05, 4.69) is 15.4 Å². The highest BCUT2D eigenvalue weighted by molar-refractivity contribution is 7.91. The van der Waals surface area contributed by atoms with Crippen LogP contribution in [0.4, 0.5) is 0 Å². The maximum Gasteiger partial charge on any atom is 0.252 e. The van der Waals surface area contributed by atoms with Gasteiger partial charge < -0.3 is 5.32 Å². The molecule has 0 spiro atoms. The molecule has 0 radical (unpaired) electrons. The lowest BCUT2D eigenvalue weighted by atomic mass is 10.1. The number of fused-ring (bicyclic) bond motifs is 1. The summed E-state index contributed by atoms with van der Waals surface area (Å²) in [6.07, 6.45) is 1.98. The van der Waals surface area contributed by atoms with Gasteiger partial charge in [-0.05, 0) is 43.0 Å². The van der Waals surface area contributed by atoms with E-state index in [4.69, 9.17) is 0 Å². The van der Waals surface area contributed by atoms with Gasteiger partial charge in [0.2, 0.25) is 0 Å². The maximum absolute atomic E-state index is 12.8. The van der Waals surface area contributed by atoms with Gasteiger partial charge in [-0.1, -0.05) is 24.3 Å². The zero-order chi connectivity index (χ0) is 21.8. The minimum absolute atomic E-state index is 0.0270. The van der Waals surface area contributed by atoms with E-state index < -0.39 is 9.84 Å². The van der Waals surface area contributed by atoms with Gasteiger partial charge in [0.25, 0.3) is 5.91 Å². The van der Waals surface area contributed by atoms with Gasteiger partial charge in [-0.2, -0.15) is 5.10 Å². The number of carbonyl (C=O) groups is 1. The molecule has 7 nitrogen and oxygen atoms in total. The number of aromatic nitrogens is 3. The van der Waals surface area contributed by atoms with Gasteiger partial charge in [-0.25, -0.2) is 18.1 Å². The van der Waals surface area contributed by atoms with Crippen LogP contribution in [0.15, 0.2) is 65.0 Å². The Balaban J connectivity index is 1.44. The number of rotatable bonds is 8. The molecule has 1 N–H and O–H groups in total. The molecule has 1 aromatic carbocycles. The van der Waals surface area contributed by atoms with Gasteiger partial charge >= 0.3 is 0 Å². The molecule has 0 saturated heterocycles. The van der Waals surface area contributed by atoms with Crippen molar-refractivity contribution in [3.8, 4) is 0 Å². The second-order valence-electron chi connectivity index (χ2n) is 7.17. The molecule has 0 aliphatic heterocycles. The quantitative estimate of drug-likeness (QED) is 0.412. The molecular weight excluding hydrogens is 432 g/mol. The number of hydrogen-bond donors (Lipinski definition) is 1. The second kappa shape index (κ2) is 8.99. The van der Waals surface area contributed by atoms with Crippen LogP contribution < -0.4 is 5.32 Å². The lowest BCUT2D eigenvalue weighted by Crippen LogP contribution is -2.26. The third-order valence-corrected chi connectivity index (χ3v) is 7.52. The van der Waals surface area contributed by atoms with Crippen molar-refractivity contribution >= 4 is 38.1 Å². The second-order valence-corrected chi connectivity index (χ2v) is 10.3.